The molecule has 3 rings (SSSR count). The van der Waals surface area contributed by atoms with Crippen LogP contribution in [0.15, 0.2) is 0 Å². The van der Waals surface area contributed by atoms with Gasteiger partial charge in [0.15, 0.2) is 0 Å². The number of aldehydes is 1. The number of carbonyl (C=O) groups excluding carboxylic acids is 1. The zero-order chi connectivity index (χ0) is 13.8. The second kappa shape index (κ2) is 6.60. The highest BCUT2D eigenvalue weighted by Gasteiger charge is 2.39. The highest BCUT2D eigenvalue weighted by atomic mass is 16.1. The number of fused-ring (bicyclic) bond motifs is 1. The number of rotatable bonds is 3. The molecule has 2 saturated carbocycles. The molecule has 2 atom stereocenters. The summed E-state index contributed by atoms with van der Waals surface area (Å²) in [6.45, 7) is 2.31. The zero-order valence-corrected chi connectivity index (χ0v) is 13.0. The Morgan fingerprint density at radius 1 is 0.900 bits per heavy atom. The molecule has 0 amide bonds. The highest BCUT2D eigenvalue weighted by molar-refractivity contribution is 5.59. The largest absolute Gasteiger partial charge is 0.303 e. The fourth-order valence-corrected chi connectivity index (χ4v) is 5.07. The van der Waals surface area contributed by atoms with Crippen LogP contribution in [0.2, 0.25) is 0 Å². The normalized spacial score (nSPS) is 35.0. The number of nitrogens with zero attached hydrogens (tertiary/aromatic N) is 1. The van der Waals surface area contributed by atoms with Crippen LogP contribution in [0.1, 0.15) is 77.0 Å². The topological polar surface area (TPSA) is 20.3 Å². The van der Waals surface area contributed by atoms with Gasteiger partial charge in [-0.15, -0.1) is 0 Å². The van der Waals surface area contributed by atoms with E-state index < -0.39 is 0 Å². The molecule has 2 nitrogen and oxygen atoms in total. The SMILES string of the molecule is O=CC1(CN2CCCC3CCCCC32)CCCCCC1. The lowest BCUT2D eigenvalue weighted by Crippen LogP contribution is -2.51. The first-order chi connectivity index (χ1) is 9.83. The van der Waals surface area contributed by atoms with Gasteiger partial charge in [0.2, 0.25) is 0 Å². The van der Waals surface area contributed by atoms with E-state index in [4.69, 9.17) is 0 Å². The Morgan fingerprint density at radius 2 is 1.60 bits per heavy atom. The van der Waals surface area contributed by atoms with E-state index in [9.17, 15) is 4.79 Å². The summed E-state index contributed by atoms with van der Waals surface area (Å²) >= 11 is 0. The molecule has 1 aliphatic heterocycles. The van der Waals surface area contributed by atoms with E-state index in [1.165, 1.54) is 77.0 Å². The predicted octanol–water partition coefficient (Wildman–Crippen LogP) is 4.18. The molecule has 3 aliphatic rings. The van der Waals surface area contributed by atoms with Crippen LogP contribution < -0.4 is 0 Å². The number of carbonyl (C=O) groups is 1. The third kappa shape index (κ3) is 3.10. The van der Waals surface area contributed by atoms with Gasteiger partial charge in [-0.05, 0) is 51.0 Å². The smallest absolute Gasteiger partial charge is 0.127 e. The van der Waals surface area contributed by atoms with E-state index in [0.717, 1.165) is 31.3 Å². The van der Waals surface area contributed by atoms with Gasteiger partial charge in [0.25, 0.3) is 0 Å². The third-order valence-electron chi connectivity index (χ3n) is 6.23. The van der Waals surface area contributed by atoms with Crippen molar-refractivity contribution in [3.05, 3.63) is 0 Å². The minimum Gasteiger partial charge on any atom is -0.303 e. The van der Waals surface area contributed by atoms with Crippen molar-refractivity contribution in [3.8, 4) is 0 Å². The molecule has 1 heterocycles. The van der Waals surface area contributed by atoms with Crippen molar-refractivity contribution in [2.75, 3.05) is 13.1 Å². The fraction of sp³-hybridized carbons (Fsp3) is 0.944. The van der Waals surface area contributed by atoms with Gasteiger partial charge in [0, 0.05) is 18.0 Å². The van der Waals surface area contributed by atoms with Crippen LogP contribution in [0, 0.1) is 11.3 Å². The molecular weight excluding hydrogens is 246 g/mol. The summed E-state index contributed by atoms with van der Waals surface area (Å²) in [5.41, 5.74) is -0.00413. The Bertz CT molecular complexity index is 317. The van der Waals surface area contributed by atoms with Gasteiger partial charge >= 0.3 is 0 Å². The van der Waals surface area contributed by atoms with Crippen LogP contribution in [0.3, 0.4) is 0 Å². The number of hydrogen-bond acceptors (Lipinski definition) is 2. The minimum absolute atomic E-state index is 0.00413. The molecule has 20 heavy (non-hydrogen) atoms. The molecule has 1 saturated heterocycles. The summed E-state index contributed by atoms with van der Waals surface area (Å²) < 4.78 is 0. The Morgan fingerprint density at radius 3 is 2.35 bits per heavy atom. The molecule has 0 radical (unpaired) electrons. The Hall–Kier alpha value is -0.370. The maximum atomic E-state index is 11.8. The molecule has 2 unspecified atom stereocenters. The Balaban J connectivity index is 1.68. The number of hydrogen-bond donors (Lipinski definition) is 0. The minimum atomic E-state index is -0.00413. The van der Waals surface area contributed by atoms with Crippen LogP contribution in [-0.4, -0.2) is 30.3 Å². The third-order valence-corrected chi connectivity index (χ3v) is 6.23. The van der Waals surface area contributed by atoms with Gasteiger partial charge in [-0.1, -0.05) is 38.5 Å². The first kappa shape index (κ1) is 14.6. The molecule has 2 heteroatoms. The summed E-state index contributed by atoms with van der Waals surface area (Å²) in [5.74, 6) is 0.937. The van der Waals surface area contributed by atoms with E-state index in [1.807, 2.05) is 0 Å². The molecule has 3 fully saturated rings. The van der Waals surface area contributed by atoms with E-state index in [-0.39, 0.29) is 5.41 Å². The average molecular weight is 277 g/mol. The quantitative estimate of drug-likeness (QED) is 0.570. The molecule has 0 aromatic rings. The van der Waals surface area contributed by atoms with Gasteiger partial charge in [-0.3, -0.25) is 4.90 Å². The van der Waals surface area contributed by atoms with E-state index in [2.05, 4.69) is 4.90 Å². The van der Waals surface area contributed by atoms with Gasteiger partial charge in [0.1, 0.15) is 6.29 Å². The lowest BCUT2D eigenvalue weighted by Gasteiger charge is -2.47. The molecular formula is C18H31NO. The maximum absolute atomic E-state index is 11.8. The number of piperidine rings is 1. The molecule has 114 valence electrons. The van der Waals surface area contributed by atoms with Crippen molar-refractivity contribution >= 4 is 6.29 Å². The Labute approximate surface area is 124 Å². The van der Waals surface area contributed by atoms with Crippen LogP contribution in [0.25, 0.3) is 0 Å². The summed E-state index contributed by atoms with van der Waals surface area (Å²) in [4.78, 5) is 14.6. The van der Waals surface area contributed by atoms with Crippen molar-refractivity contribution in [3.63, 3.8) is 0 Å². The van der Waals surface area contributed by atoms with E-state index in [0.29, 0.717) is 0 Å². The summed E-state index contributed by atoms with van der Waals surface area (Å²) in [6.07, 6.45) is 17.3. The van der Waals surface area contributed by atoms with Crippen molar-refractivity contribution in [1.29, 1.82) is 0 Å². The summed E-state index contributed by atoms with van der Waals surface area (Å²) in [7, 11) is 0. The first-order valence-electron chi connectivity index (χ1n) is 9.03. The Kier molecular flexibility index (Phi) is 4.80. The van der Waals surface area contributed by atoms with Crippen molar-refractivity contribution in [1.82, 2.24) is 4.90 Å². The lowest BCUT2D eigenvalue weighted by atomic mass is 9.75. The van der Waals surface area contributed by atoms with Crippen LogP contribution >= 0.6 is 0 Å². The van der Waals surface area contributed by atoms with Gasteiger partial charge in [-0.25, -0.2) is 0 Å². The van der Waals surface area contributed by atoms with Gasteiger partial charge in [-0.2, -0.15) is 0 Å². The van der Waals surface area contributed by atoms with Crippen molar-refractivity contribution in [2.24, 2.45) is 11.3 Å². The fourth-order valence-electron chi connectivity index (χ4n) is 5.07. The molecule has 0 bridgehead atoms. The summed E-state index contributed by atoms with van der Waals surface area (Å²) in [6, 6.07) is 0.803. The van der Waals surface area contributed by atoms with Crippen LogP contribution in [0.4, 0.5) is 0 Å². The predicted molar refractivity (Wildman–Crippen MR) is 82.8 cm³/mol. The van der Waals surface area contributed by atoms with Crippen molar-refractivity contribution in [2.45, 2.75) is 83.1 Å². The number of likely N-dealkylation sites (tertiary alicyclic amines) is 1. The second-order valence-corrected chi connectivity index (χ2v) is 7.62. The molecule has 0 aromatic heterocycles. The molecule has 0 N–H and O–H groups in total. The summed E-state index contributed by atoms with van der Waals surface area (Å²) in [5, 5.41) is 0. The molecule has 0 spiro atoms. The average Bonchev–Trinajstić information content (AvgIpc) is 2.74. The van der Waals surface area contributed by atoms with Crippen LogP contribution in [0.5, 0.6) is 0 Å². The maximum Gasteiger partial charge on any atom is 0.127 e. The molecule has 0 aromatic carbocycles. The molecule has 2 aliphatic carbocycles. The van der Waals surface area contributed by atoms with Gasteiger partial charge in [0.05, 0.1) is 0 Å². The van der Waals surface area contributed by atoms with E-state index in [1.54, 1.807) is 0 Å². The first-order valence-corrected chi connectivity index (χ1v) is 9.03. The van der Waals surface area contributed by atoms with Crippen LogP contribution in [-0.2, 0) is 4.79 Å². The lowest BCUT2D eigenvalue weighted by molar-refractivity contribution is -0.119. The monoisotopic (exact) mass is 277 g/mol. The zero-order valence-electron chi connectivity index (χ0n) is 13.0. The second-order valence-electron chi connectivity index (χ2n) is 7.62. The van der Waals surface area contributed by atoms with E-state index >= 15 is 0 Å². The van der Waals surface area contributed by atoms with Gasteiger partial charge < -0.3 is 4.79 Å². The highest BCUT2D eigenvalue weighted by Crippen LogP contribution is 2.40. The van der Waals surface area contributed by atoms with Crippen molar-refractivity contribution < 1.29 is 4.79 Å². The standard InChI is InChI=1S/C18H31NO/c20-15-18(11-5-1-2-6-12-18)14-19-13-7-9-16-8-3-4-10-17(16)19/h15-17H,1-14H2.